The summed E-state index contributed by atoms with van der Waals surface area (Å²) in [6, 6.07) is 0. The monoisotopic (exact) mass is 257 g/mol. The van der Waals surface area contributed by atoms with E-state index in [1.165, 1.54) is 51.4 Å². The van der Waals surface area contributed by atoms with Crippen LogP contribution in [-0.4, -0.2) is 23.8 Å². The fourth-order valence-corrected chi connectivity index (χ4v) is 2.25. The van der Waals surface area contributed by atoms with Gasteiger partial charge in [-0.05, 0) is 39.3 Å². The van der Waals surface area contributed by atoms with Gasteiger partial charge in [0.25, 0.3) is 0 Å². The van der Waals surface area contributed by atoms with Crippen LogP contribution in [-0.2, 0) is 0 Å². The highest BCUT2D eigenvalue weighted by Crippen LogP contribution is 2.19. The molecule has 1 atom stereocenters. The molecule has 0 saturated heterocycles. The molecule has 0 aliphatic rings. The van der Waals surface area contributed by atoms with Crippen molar-refractivity contribution in [1.29, 1.82) is 0 Å². The van der Waals surface area contributed by atoms with E-state index in [0.717, 1.165) is 25.9 Å². The zero-order chi connectivity index (χ0) is 13.7. The molecule has 2 N–H and O–H groups in total. The van der Waals surface area contributed by atoms with E-state index in [2.05, 4.69) is 19.2 Å². The van der Waals surface area contributed by atoms with Crippen LogP contribution >= 0.6 is 0 Å². The van der Waals surface area contributed by atoms with Crippen molar-refractivity contribution in [1.82, 2.24) is 5.32 Å². The maximum Gasteiger partial charge on any atom is 0.0631 e. The lowest BCUT2D eigenvalue weighted by Gasteiger charge is -2.23. The Kier molecular flexibility index (Phi) is 11.9. The van der Waals surface area contributed by atoms with Crippen molar-refractivity contribution < 1.29 is 5.11 Å². The molecular weight excluding hydrogens is 222 g/mol. The van der Waals surface area contributed by atoms with E-state index in [9.17, 15) is 5.11 Å². The predicted octanol–water partition coefficient (Wildman–Crippen LogP) is 4.27. The van der Waals surface area contributed by atoms with Gasteiger partial charge in [0, 0.05) is 0 Å². The topological polar surface area (TPSA) is 32.3 Å². The maximum atomic E-state index is 10.2. The minimum absolute atomic E-state index is 0.468. The van der Waals surface area contributed by atoms with Gasteiger partial charge in [-0.1, -0.05) is 58.8 Å². The molecular formula is C16H35NO. The number of aliphatic hydroxyl groups is 1. The lowest BCUT2D eigenvalue weighted by atomic mass is 9.94. The molecule has 0 aliphatic heterocycles. The molecule has 0 spiro atoms. The summed E-state index contributed by atoms with van der Waals surface area (Å²) in [5.41, 5.74) is -0.468. The quantitative estimate of drug-likeness (QED) is 0.483. The SMILES string of the molecule is CCCCCCCCCC(C)(O)CCNCCC. The molecule has 0 aliphatic carbocycles. The van der Waals surface area contributed by atoms with Crippen molar-refractivity contribution in [2.75, 3.05) is 13.1 Å². The van der Waals surface area contributed by atoms with Gasteiger partial charge in [-0.25, -0.2) is 0 Å². The van der Waals surface area contributed by atoms with Crippen molar-refractivity contribution in [2.24, 2.45) is 0 Å². The molecule has 0 amide bonds. The number of rotatable bonds is 13. The van der Waals surface area contributed by atoms with Gasteiger partial charge in [-0.2, -0.15) is 0 Å². The fourth-order valence-electron chi connectivity index (χ4n) is 2.25. The maximum absolute atomic E-state index is 10.2. The summed E-state index contributed by atoms with van der Waals surface area (Å²) in [5.74, 6) is 0. The Morgan fingerprint density at radius 3 is 2.00 bits per heavy atom. The Morgan fingerprint density at radius 1 is 0.778 bits per heavy atom. The summed E-state index contributed by atoms with van der Waals surface area (Å²) in [7, 11) is 0. The lowest BCUT2D eigenvalue weighted by molar-refractivity contribution is 0.0396. The normalized spacial score (nSPS) is 14.7. The molecule has 2 heteroatoms. The van der Waals surface area contributed by atoms with Crippen LogP contribution < -0.4 is 5.32 Å². The minimum Gasteiger partial charge on any atom is -0.390 e. The molecule has 0 rings (SSSR count). The number of unbranched alkanes of at least 4 members (excludes halogenated alkanes) is 6. The first-order chi connectivity index (χ1) is 8.62. The van der Waals surface area contributed by atoms with Crippen LogP contribution in [0.4, 0.5) is 0 Å². The largest absolute Gasteiger partial charge is 0.390 e. The molecule has 2 nitrogen and oxygen atoms in total. The third-order valence-electron chi connectivity index (χ3n) is 3.59. The van der Waals surface area contributed by atoms with E-state index < -0.39 is 5.60 Å². The Labute approximate surface area is 115 Å². The summed E-state index contributed by atoms with van der Waals surface area (Å²) in [6.07, 6.45) is 12.2. The van der Waals surface area contributed by atoms with E-state index >= 15 is 0 Å². The predicted molar refractivity (Wildman–Crippen MR) is 81.0 cm³/mol. The Bertz CT molecular complexity index is 168. The number of nitrogens with one attached hydrogen (secondary N) is 1. The number of hydrogen-bond donors (Lipinski definition) is 2. The summed E-state index contributed by atoms with van der Waals surface area (Å²) >= 11 is 0. The molecule has 0 aromatic rings. The first-order valence-electron chi connectivity index (χ1n) is 8.05. The highest BCUT2D eigenvalue weighted by Gasteiger charge is 2.18. The van der Waals surface area contributed by atoms with Gasteiger partial charge in [0.2, 0.25) is 0 Å². The van der Waals surface area contributed by atoms with Gasteiger partial charge in [-0.15, -0.1) is 0 Å². The molecule has 1 unspecified atom stereocenters. The molecule has 0 heterocycles. The van der Waals surface area contributed by atoms with E-state index in [4.69, 9.17) is 0 Å². The second-order valence-electron chi connectivity index (χ2n) is 5.87. The summed E-state index contributed by atoms with van der Waals surface area (Å²) in [4.78, 5) is 0. The molecule has 110 valence electrons. The third-order valence-corrected chi connectivity index (χ3v) is 3.59. The van der Waals surface area contributed by atoms with E-state index in [0.29, 0.717) is 0 Å². The molecule has 0 aromatic carbocycles. The second kappa shape index (κ2) is 12.0. The van der Waals surface area contributed by atoms with Crippen molar-refractivity contribution in [3.05, 3.63) is 0 Å². The summed E-state index contributed by atoms with van der Waals surface area (Å²) in [6.45, 7) is 8.41. The van der Waals surface area contributed by atoms with Crippen molar-refractivity contribution in [2.45, 2.75) is 90.6 Å². The first-order valence-corrected chi connectivity index (χ1v) is 8.05. The zero-order valence-electron chi connectivity index (χ0n) is 12.9. The van der Waals surface area contributed by atoms with Gasteiger partial charge < -0.3 is 10.4 Å². The molecule has 0 saturated carbocycles. The smallest absolute Gasteiger partial charge is 0.0631 e. The van der Waals surface area contributed by atoms with E-state index in [1.54, 1.807) is 0 Å². The van der Waals surface area contributed by atoms with Crippen LogP contribution in [0, 0.1) is 0 Å². The van der Waals surface area contributed by atoms with Gasteiger partial charge in [0.1, 0.15) is 0 Å². The Hall–Kier alpha value is -0.0800. The van der Waals surface area contributed by atoms with Crippen LogP contribution in [0.2, 0.25) is 0 Å². The van der Waals surface area contributed by atoms with Gasteiger partial charge in [0.05, 0.1) is 5.60 Å². The van der Waals surface area contributed by atoms with E-state index in [1.807, 2.05) is 6.92 Å². The highest BCUT2D eigenvalue weighted by atomic mass is 16.3. The molecule has 18 heavy (non-hydrogen) atoms. The summed E-state index contributed by atoms with van der Waals surface area (Å²) < 4.78 is 0. The van der Waals surface area contributed by atoms with Crippen LogP contribution in [0.5, 0.6) is 0 Å². The van der Waals surface area contributed by atoms with Crippen LogP contribution in [0.3, 0.4) is 0 Å². The average molecular weight is 257 g/mol. The van der Waals surface area contributed by atoms with E-state index in [-0.39, 0.29) is 0 Å². The van der Waals surface area contributed by atoms with Gasteiger partial charge in [-0.3, -0.25) is 0 Å². The van der Waals surface area contributed by atoms with Crippen molar-refractivity contribution in [3.63, 3.8) is 0 Å². The second-order valence-corrected chi connectivity index (χ2v) is 5.87. The summed E-state index contributed by atoms with van der Waals surface area (Å²) in [5, 5.41) is 13.6. The van der Waals surface area contributed by atoms with Crippen LogP contribution in [0.25, 0.3) is 0 Å². The molecule has 0 radical (unpaired) electrons. The zero-order valence-corrected chi connectivity index (χ0v) is 12.9. The van der Waals surface area contributed by atoms with Crippen molar-refractivity contribution >= 4 is 0 Å². The molecule has 0 bridgehead atoms. The minimum atomic E-state index is -0.468. The van der Waals surface area contributed by atoms with Crippen LogP contribution in [0.1, 0.15) is 85.0 Å². The average Bonchev–Trinajstić information content (AvgIpc) is 2.34. The fraction of sp³-hybridized carbons (Fsp3) is 1.00. The molecule has 0 aromatic heterocycles. The number of hydrogen-bond acceptors (Lipinski definition) is 2. The molecule has 0 fully saturated rings. The van der Waals surface area contributed by atoms with Crippen LogP contribution in [0.15, 0.2) is 0 Å². The van der Waals surface area contributed by atoms with Gasteiger partial charge >= 0.3 is 0 Å². The van der Waals surface area contributed by atoms with Gasteiger partial charge in [0.15, 0.2) is 0 Å². The third kappa shape index (κ3) is 12.4. The standard InChI is InChI=1S/C16H35NO/c1-4-6-7-8-9-10-11-12-16(3,18)13-15-17-14-5-2/h17-18H,4-15H2,1-3H3. The Balaban J connectivity index is 3.34. The lowest BCUT2D eigenvalue weighted by Crippen LogP contribution is -2.30. The van der Waals surface area contributed by atoms with Crippen molar-refractivity contribution in [3.8, 4) is 0 Å². The highest BCUT2D eigenvalue weighted by molar-refractivity contribution is 4.73. The Morgan fingerprint density at radius 2 is 1.39 bits per heavy atom. The first kappa shape index (κ1) is 17.9.